The first kappa shape index (κ1) is 23.9. The zero-order chi connectivity index (χ0) is 24.8. The highest BCUT2D eigenvalue weighted by molar-refractivity contribution is 5.95. The molecule has 1 aliphatic carbocycles. The lowest BCUT2D eigenvalue weighted by molar-refractivity contribution is -0.142. The fourth-order valence-corrected chi connectivity index (χ4v) is 4.00. The van der Waals surface area contributed by atoms with Crippen LogP contribution in [0.1, 0.15) is 27.4 Å². The molecule has 8 nitrogen and oxygen atoms in total. The molecule has 0 radical (unpaired) electrons. The minimum Gasteiger partial charge on any atom is -0.480 e. The number of benzene rings is 3. The molecule has 3 aromatic carbocycles. The molecule has 4 rings (SSSR count). The maximum atomic E-state index is 14.5. The Morgan fingerprint density at radius 3 is 2.23 bits per heavy atom. The first-order chi connectivity index (χ1) is 16.9. The van der Waals surface area contributed by atoms with E-state index in [9.17, 15) is 18.8 Å². The van der Waals surface area contributed by atoms with Gasteiger partial charge in [-0.2, -0.15) is 0 Å². The van der Waals surface area contributed by atoms with Crippen LogP contribution in [-0.2, 0) is 14.3 Å². The SMILES string of the molecule is O=C(O)COCCNC(=O)c1ccc(NC(=O)OCC2c3ccccc3-c3ccccc32)c(F)c1. The number of ether oxygens (including phenoxy) is 2. The Bertz CT molecular complexity index is 1220. The topological polar surface area (TPSA) is 114 Å². The summed E-state index contributed by atoms with van der Waals surface area (Å²) in [6.07, 6.45) is -0.807. The molecule has 9 heteroatoms. The standard InChI is InChI=1S/C26H23FN2O6/c27-22-13-16(25(32)28-11-12-34-15-24(30)31)9-10-23(22)29-26(33)35-14-21-19-7-3-1-5-17(19)18-6-2-4-8-20(18)21/h1-10,13,21H,11-12,14-15H2,(H,28,32)(H,29,33)(H,30,31). The number of halogens is 1. The van der Waals surface area contributed by atoms with E-state index < -0.39 is 30.4 Å². The molecule has 0 saturated heterocycles. The van der Waals surface area contributed by atoms with E-state index in [0.717, 1.165) is 28.3 Å². The Kier molecular flexibility index (Phi) is 7.37. The normalized spacial score (nSPS) is 11.9. The highest BCUT2D eigenvalue weighted by Crippen LogP contribution is 2.44. The number of carbonyl (C=O) groups is 3. The molecule has 0 atom stereocenters. The van der Waals surface area contributed by atoms with E-state index in [1.807, 2.05) is 48.5 Å². The molecule has 0 saturated carbocycles. The van der Waals surface area contributed by atoms with Crippen LogP contribution >= 0.6 is 0 Å². The summed E-state index contributed by atoms with van der Waals surface area (Å²) in [5.74, 6) is -2.59. The van der Waals surface area contributed by atoms with Crippen LogP contribution in [0.25, 0.3) is 11.1 Å². The molecule has 2 amide bonds. The van der Waals surface area contributed by atoms with Crippen molar-refractivity contribution in [1.29, 1.82) is 0 Å². The van der Waals surface area contributed by atoms with Gasteiger partial charge < -0.3 is 19.9 Å². The molecule has 0 fully saturated rings. The summed E-state index contributed by atoms with van der Waals surface area (Å²) in [6, 6.07) is 19.5. The van der Waals surface area contributed by atoms with Crippen molar-refractivity contribution in [2.24, 2.45) is 0 Å². The monoisotopic (exact) mass is 478 g/mol. The van der Waals surface area contributed by atoms with Crippen LogP contribution < -0.4 is 10.6 Å². The lowest BCUT2D eigenvalue weighted by Gasteiger charge is -2.15. The molecule has 35 heavy (non-hydrogen) atoms. The van der Waals surface area contributed by atoms with Crippen LogP contribution in [0.3, 0.4) is 0 Å². The van der Waals surface area contributed by atoms with Gasteiger partial charge in [0.1, 0.15) is 19.0 Å². The van der Waals surface area contributed by atoms with Crippen LogP contribution in [0.2, 0.25) is 0 Å². The fraction of sp³-hybridized carbons (Fsp3) is 0.192. The number of amides is 2. The summed E-state index contributed by atoms with van der Waals surface area (Å²) in [4.78, 5) is 34.9. The molecular weight excluding hydrogens is 455 g/mol. The average Bonchev–Trinajstić information content (AvgIpc) is 3.17. The largest absolute Gasteiger partial charge is 0.480 e. The van der Waals surface area contributed by atoms with Crippen molar-refractivity contribution in [2.75, 3.05) is 31.7 Å². The van der Waals surface area contributed by atoms with Gasteiger partial charge in [0.25, 0.3) is 5.91 Å². The van der Waals surface area contributed by atoms with Gasteiger partial charge in [0.2, 0.25) is 0 Å². The second-order valence-corrected chi connectivity index (χ2v) is 7.85. The Labute approximate surface area is 200 Å². The molecule has 0 aromatic heterocycles. The number of fused-ring (bicyclic) bond motifs is 3. The minimum absolute atomic E-state index is 0.00193. The Morgan fingerprint density at radius 1 is 0.943 bits per heavy atom. The van der Waals surface area contributed by atoms with Crippen molar-refractivity contribution in [3.63, 3.8) is 0 Å². The van der Waals surface area contributed by atoms with Gasteiger partial charge in [-0.05, 0) is 40.5 Å². The first-order valence-corrected chi connectivity index (χ1v) is 10.9. The smallest absolute Gasteiger partial charge is 0.411 e. The summed E-state index contributed by atoms with van der Waals surface area (Å²) in [7, 11) is 0. The molecule has 1 aliphatic rings. The van der Waals surface area contributed by atoms with Crippen LogP contribution in [0.4, 0.5) is 14.9 Å². The molecule has 3 N–H and O–H groups in total. The van der Waals surface area contributed by atoms with Crippen LogP contribution in [0.15, 0.2) is 66.7 Å². The summed E-state index contributed by atoms with van der Waals surface area (Å²) in [5, 5.41) is 13.4. The van der Waals surface area contributed by atoms with Gasteiger partial charge in [0, 0.05) is 18.0 Å². The fourth-order valence-electron chi connectivity index (χ4n) is 4.00. The van der Waals surface area contributed by atoms with Crippen molar-refractivity contribution in [3.8, 4) is 11.1 Å². The Morgan fingerprint density at radius 2 is 1.60 bits per heavy atom. The van der Waals surface area contributed by atoms with Gasteiger partial charge in [0.15, 0.2) is 0 Å². The molecule has 0 bridgehead atoms. The molecule has 180 valence electrons. The number of carbonyl (C=O) groups excluding carboxylic acids is 2. The summed E-state index contributed by atoms with van der Waals surface area (Å²) < 4.78 is 24.7. The van der Waals surface area contributed by atoms with Gasteiger partial charge >= 0.3 is 12.1 Å². The zero-order valence-corrected chi connectivity index (χ0v) is 18.6. The quantitative estimate of drug-likeness (QED) is 0.401. The lowest BCUT2D eigenvalue weighted by Crippen LogP contribution is -2.28. The number of carboxylic acids is 1. The highest BCUT2D eigenvalue weighted by atomic mass is 19.1. The van der Waals surface area contributed by atoms with Crippen molar-refractivity contribution in [2.45, 2.75) is 5.92 Å². The van der Waals surface area contributed by atoms with E-state index in [2.05, 4.69) is 10.6 Å². The summed E-state index contributed by atoms with van der Waals surface area (Å²) in [5.41, 5.74) is 4.26. The number of aliphatic carboxylic acids is 1. The maximum absolute atomic E-state index is 14.5. The lowest BCUT2D eigenvalue weighted by atomic mass is 9.98. The predicted molar refractivity (Wildman–Crippen MR) is 126 cm³/mol. The third-order valence-electron chi connectivity index (χ3n) is 5.57. The number of rotatable bonds is 9. The van der Waals surface area contributed by atoms with E-state index in [0.29, 0.717) is 0 Å². The predicted octanol–water partition coefficient (Wildman–Crippen LogP) is 4.02. The number of carboxylic acid groups (broad SMARTS) is 1. The maximum Gasteiger partial charge on any atom is 0.411 e. The van der Waals surface area contributed by atoms with Crippen molar-refractivity contribution >= 4 is 23.7 Å². The molecule has 0 unspecified atom stereocenters. The van der Waals surface area contributed by atoms with Crippen molar-refractivity contribution < 1.29 is 33.4 Å². The average molecular weight is 478 g/mol. The molecule has 0 spiro atoms. The van der Waals surface area contributed by atoms with Gasteiger partial charge in [0.05, 0.1) is 12.3 Å². The summed E-state index contributed by atoms with van der Waals surface area (Å²) >= 11 is 0. The van der Waals surface area contributed by atoms with E-state index in [-0.39, 0.29) is 36.9 Å². The molecule has 0 aliphatic heterocycles. The number of nitrogens with one attached hydrogen (secondary N) is 2. The number of hydrogen-bond acceptors (Lipinski definition) is 5. The van der Waals surface area contributed by atoms with E-state index in [1.165, 1.54) is 12.1 Å². The molecular formula is C26H23FN2O6. The van der Waals surface area contributed by atoms with Gasteiger partial charge in [-0.15, -0.1) is 0 Å². The molecule has 0 heterocycles. The first-order valence-electron chi connectivity index (χ1n) is 10.9. The number of anilines is 1. The van der Waals surface area contributed by atoms with Crippen LogP contribution in [-0.4, -0.2) is 49.4 Å². The van der Waals surface area contributed by atoms with Crippen molar-refractivity contribution in [1.82, 2.24) is 5.32 Å². The second-order valence-electron chi connectivity index (χ2n) is 7.85. The van der Waals surface area contributed by atoms with Gasteiger partial charge in [-0.3, -0.25) is 10.1 Å². The Hall–Kier alpha value is -4.24. The summed E-state index contributed by atoms with van der Waals surface area (Å²) in [6.45, 7) is -0.317. The third-order valence-corrected chi connectivity index (χ3v) is 5.57. The van der Waals surface area contributed by atoms with E-state index in [4.69, 9.17) is 14.6 Å². The van der Waals surface area contributed by atoms with Crippen molar-refractivity contribution in [3.05, 3.63) is 89.2 Å². The van der Waals surface area contributed by atoms with Crippen LogP contribution in [0.5, 0.6) is 0 Å². The van der Waals surface area contributed by atoms with Gasteiger partial charge in [-0.25, -0.2) is 14.0 Å². The minimum atomic E-state index is -1.11. The zero-order valence-electron chi connectivity index (χ0n) is 18.6. The second kappa shape index (κ2) is 10.8. The van der Waals surface area contributed by atoms with Crippen LogP contribution in [0, 0.1) is 5.82 Å². The third kappa shape index (κ3) is 5.64. The van der Waals surface area contributed by atoms with E-state index in [1.54, 1.807) is 0 Å². The van der Waals surface area contributed by atoms with Gasteiger partial charge in [-0.1, -0.05) is 48.5 Å². The Balaban J connectivity index is 1.32. The molecule has 3 aromatic rings. The number of hydrogen-bond donors (Lipinski definition) is 3. The van der Waals surface area contributed by atoms with E-state index >= 15 is 0 Å². The highest BCUT2D eigenvalue weighted by Gasteiger charge is 2.29.